The fourth-order valence-electron chi connectivity index (χ4n) is 4.15. The predicted molar refractivity (Wildman–Crippen MR) is 129 cm³/mol. The maximum absolute atomic E-state index is 12.3. The van der Waals surface area contributed by atoms with Gasteiger partial charge < -0.3 is 19.7 Å². The van der Waals surface area contributed by atoms with Gasteiger partial charge in [0.1, 0.15) is 5.75 Å². The Balaban J connectivity index is 1.29. The lowest BCUT2D eigenvalue weighted by atomic mass is 9.96. The van der Waals surface area contributed by atoms with Gasteiger partial charge in [-0.25, -0.2) is 9.97 Å². The molecule has 9 heteroatoms. The number of anilines is 2. The number of benzene rings is 2. The topological polar surface area (TPSA) is 76.6 Å². The van der Waals surface area contributed by atoms with E-state index in [1.54, 1.807) is 24.5 Å². The van der Waals surface area contributed by atoms with Crippen LogP contribution < -0.4 is 10.1 Å². The number of esters is 1. The molecule has 4 rings (SSSR count). The van der Waals surface area contributed by atoms with E-state index < -0.39 is 6.61 Å². The Morgan fingerprint density at radius 1 is 1.09 bits per heavy atom. The minimum Gasteiger partial charge on any atom is -0.469 e. The molecular formula is C26H28F2N4O3. The molecule has 0 amide bonds. The largest absolute Gasteiger partial charge is 0.469 e. The number of hydrogen-bond donors (Lipinski definition) is 1. The van der Waals surface area contributed by atoms with Gasteiger partial charge in [0.25, 0.3) is 0 Å². The molecule has 2 aromatic carbocycles. The summed E-state index contributed by atoms with van der Waals surface area (Å²) < 4.78 is 33.8. The molecule has 0 radical (unpaired) electrons. The summed E-state index contributed by atoms with van der Waals surface area (Å²) in [6.07, 6.45) is 5.95. The molecule has 1 aliphatic rings. The van der Waals surface area contributed by atoms with E-state index in [1.165, 1.54) is 24.8 Å². The second kappa shape index (κ2) is 11.7. The Kier molecular flexibility index (Phi) is 8.20. The Morgan fingerprint density at radius 3 is 2.46 bits per heavy atom. The summed E-state index contributed by atoms with van der Waals surface area (Å²) in [6, 6.07) is 14.5. The van der Waals surface area contributed by atoms with Crippen LogP contribution in [0.1, 0.15) is 18.4 Å². The van der Waals surface area contributed by atoms with Crippen LogP contribution >= 0.6 is 0 Å². The highest BCUT2D eigenvalue weighted by Gasteiger charge is 2.25. The van der Waals surface area contributed by atoms with Crippen LogP contribution in [0.15, 0.2) is 60.9 Å². The number of carbonyl (C=O) groups is 1. The van der Waals surface area contributed by atoms with Crippen LogP contribution in [-0.2, 0) is 16.0 Å². The summed E-state index contributed by atoms with van der Waals surface area (Å²) >= 11 is 0. The highest BCUT2D eigenvalue weighted by atomic mass is 19.3. The van der Waals surface area contributed by atoms with Crippen molar-refractivity contribution in [3.63, 3.8) is 0 Å². The van der Waals surface area contributed by atoms with Crippen LogP contribution in [0.4, 0.5) is 20.4 Å². The third kappa shape index (κ3) is 6.95. The zero-order valence-electron chi connectivity index (χ0n) is 19.5. The molecule has 0 aliphatic carbocycles. The first-order valence-corrected chi connectivity index (χ1v) is 11.5. The zero-order chi connectivity index (χ0) is 24.6. The zero-order valence-corrected chi connectivity index (χ0v) is 19.5. The number of nitrogens with zero attached hydrogens (tertiary/aromatic N) is 3. The van der Waals surface area contributed by atoms with E-state index in [1.807, 2.05) is 12.1 Å². The van der Waals surface area contributed by atoms with Crippen molar-refractivity contribution in [1.29, 1.82) is 0 Å². The third-order valence-electron chi connectivity index (χ3n) is 6.09. The van der Waals surface area contributed by atoms with Crippen LogP contribution in [0.5, 0.6) is 5.75 Å². The number of piperidine rings is 1. The van der Waals surface area contributed by atoms with Gasteiger partial charge in [0.05, 0.1) is 13.0 Å². The Labute approximate surface area is 203 Å². The molecule has 184 valence electrons. The van der Waals surface area contributed by atoms with Crippen molar-refractivity contribution in [2.24, 2.45) is 5.92 Å². The molecule has 1 fully saturated rings. The molecule has 7 nitrogen and oxygen atoms in total. The van der Waals surface area contributed by atoms with E-state index >= 15 is 0 Å². The summed E-state index contributed by atoms with van der Waals surface area (Å²) in [5.74, 6) is 0.493. The van der Waals surface area contributed by atoms with Crippen LogP contribution in [-0.4, -0.2) is 54.2 Å². The average molecular weight is 483 g/mol. The van der Waals surface area contributed by atoms with Crippen molar-refractivity contribution in [3.8, 4) is 16.9 Å². The molecule has 0 bridgehead atoms. The molecule has 35 heavy (non-hydrogen) atoms. The van der Waals surface area contributed by atoms with Crippen LogP contribution in [0.3, 0.4) is 0 Å². The van der Waals surface area contributed by atoms with E-state index in [0.717, 1.165) is 55.7 Å². The van der Waals surface area contributed by atoms with E-state index in [4.69, 9.17) is 4.74 Å². The van der Waals surface area contributed by atoms with Gasteiger partial charge in [-0.05, 0) is 67.7 Å². The fraction of sp³-hybridized carbons (Fsp3) is 0.346. The first-order valence-electron chi connectivity index (χ1n) is 11.5. The van der Waals surface area contributed by atoms with Gasteiger partial charge in [0.15, 0.2) is 0 Å². The van der Waals surface area contributed by atoms with Crippen LogP contribution in [0.2, 0.25) is 0 Å². The number of ether oxygens (including phenoxy) is 2. The molecule has 0 spiro atoms. The second-order valence-electron chi connectivity index (χ2n) is 8.41. The van der Waals surface area contributed by atoms with Crippen molar-refractivity contribution < 1.29 is 23.0 Å². The van der Waals surface area contributed by atoms with Gasteiger partial charge in [-0.3, -0.25) is 4.79 Å². The van der Waals surface area contributed by atoms with Crippen molar-refractivity contribution >= 4 is 17.6 Å². The Morgan fingerprint density at radius 2 is 1.80 bits per heavy atom. The number of likely N-dealkylation sites (tertiary alicyclic amines) is 1. The lowest BCUT2D eigenvalue weighted by Gasteiger charge is -2.30. The lowest BCUT2D eigenvalue weighted by Crippen LogP contribution is -2.37. The van der Waals surface area contributed by atoms with Gasteiger partial charge in [-0.15, -0.1) is 0 Å². The summed E-state index contributed by atoms with van der Waals surface area (Å²) in [6.45, 7) is -0.109. The number of carbonyl (C=O) groups excluding carboxylic acids is 1. The fourth-order valence-corrected chi connectivity index (χ4v) is 4.15. The molecule has 1 saturated heterocycles. The van der Waals surface area contributed by atoms with Crippen molar-refractivity contribution in [2.75, 3.05) is 32.1 Å². The molecule has 0 saturated carbocycles. The van der Waals surface area contributed by atoms with Gasteiger partial charge in [0.2, 0.25) is 5.95 Å². The third-order valence-corrected chi connectivity index (χ3v) is 6.09. The summed E-state index contributed by atoms with van der Waals surface area (Å²) in [4.78, 5) is 22.8. The smallest absolute Gasteiger partial charge is 0.387 e. The summed E-state index contributed by atoms with van der Waals surface area (Å²) in [5, 5.41) is 3.23. The number of methoxy groups -OCH3 is 1. The molecule has 3 aromatic rings. The SMILES string of the molecule is COC(=O)C1CCN(CCc2cccc(Nc3ncc(-c4ccc(OC(F)F)cc4)cn3)c2)CC1. The summed E-state index contributed by atoms with van der Waals surface area (Å²) in [5.41, 5.74) is 3.67. The van der Waals surface area contributed by atoms with Gasteiger partial charge in [-0.2, -0.15) is 8.78 Å². The standard InChI is InChI=1S/C26H28F2N4O3/c1-34-24(33)20-10-13-32(14-11-20)12-9-18-3-2-4-22(15-18)31-26-29-16-21(17-30-26)19-5-7-23(8-6-19)35-25(27)28/h2-8,15-17,20,25H,9-14H2,1H3,(H,29,30,31). The van der Waals surface area contributed by atoms with Crippen LogP contribution in [0, 0.1) is 5.92 Å². The Hall–Kier alpha value is -3.59. The number of hydrogen-bond acceptors (Lipinski definition) is 7. The number of halogens is 2. The second-order valence-corrected chi connectivity index (χ2v) is 8.41. The Bertz CT molecular complexity index is 1100. The molecule has 0 atom stereocenters. The monoisotopic (exact) mass is 482 g/mol. The molecule has 0 unspecified atom stereocenters. The maximum Gasteiger partial charge on any atom is 0.387 e. The molecule has 1 aliphatic heterocycles. The maximum atomic E-state index is 12.3. The van der Waals surface area contributed by atoms with Gasteiger partial charge >= 0.3 is 12.6 Å². The first kappa shape index (κ1) is 24.5. The first-order chi connectivity index (χ1) is 17.0. The molecule has 2 heterocycles. The van der Waals surface area contributed by atoms with E-state index in [2.05, 4.69) is 37.1 Å². The van der Waals surface area contributed by atoms with Gasteiger partial charge in [0, 0.05) is 30.2 Å². The molecule has 1 N–H and O–H groups in total. The van der Waals surface area contributed by atoms with E-state index in [-0.39, 0.29) is 17.6 Å². The highest BCUT2D eigenvalue weighted by molar-refractivity contribution is 5.72. The number of alkyl halides is 2. The van der Waals surface area contributed by atoms with E-state index in [0.29, 0.717) is 5.95 Å². The quantitative estimate of drug-likeness (QED) is 0.434. The molecular weight excluding hydrogens is 454 g/mol. The highest BCUT2D eigenvalue weighted by Crippen LogP contribution is 2.24. The molecule has 1 aromatic heterocycles. The average Bonchev–Trinajstić information content (AvgIpc) is 2.88. The summed E-state index contributed by atoms with van der Waals surface area (Å²) in [7, 11) is 1.45. The lowest BCUT2D eigenvalue weighted by molar-refractivity contribution is -0.147. The van der Waals surface area contributed by atoms with Gasteiger partial charge in [-0.1, -0.05) is 24.3 Å². The van der Waals surface area contributed by atoms with E-state index in [9.17, 15) is 13.6 Å². The van der Waals surface area contributed by atoms with Crippen molar-refractivity contribution in [1.82, 2.24) is 14.9 Å². The van der Waals surface area contributed by atoms with Crippen molar-refractivity contribution in [2.45, 2.75) is 25.9 Å². The predicted octanol–water partition coefficient (Wildman–Crippen LogP) is 4.92. The van der Waals surface area contributed by atoms with Crippen molar-refractivity contribution in [3.05, 3.63) is 66.5 Å². The normalized spacial score (nSPS) is 14.6. The minimum atomic E-state index is -2.85. The number of nitrogens with one attached hydrogen (secondary N) is 1. The minimum absolute atomic E-state index is 0.0223. The van der Waals surface area contributed by atoms with Crippen LogP contribution in [0.25, 0.3) is 11.1 Å². The number of rotatable bonds is 9. The number of aromatic nitrogens is 2.